The summed E-state index contributed by atoms with van der Waals surface area (Å²) in [6.07, 6.45) is 2.98. The largest absolute Gasteiger partial charge is 0.508 e. The van der Waals surface area contributed by atoms with Crippen LogP contribution in [-0.4, -0.2) is 50.6 Å². The number of hydrogen-bond donors (Lipinski definition) is 1. The van der Waals surface area contributed by atoms with Gasteiger partial charge in [0.05, 0.1) is 16.6 Å². The number of rotatable bonds is 4. The van der Waals surface area contributed by atoms with Gasteiger partial charge in [0.2, 0.25) is 17.7 Å². The lowest BCUT2D eigenvalue weighted by Crippen LogP contribution is -2.39. The Hall–Kier alpha value is -3.08. The molecule has 0 spiro atoms. The summed E-state index contributed by atoms with van der Waals surface area (Å²) in [5, 5.41) is 10.2. The number of hydrogen-bond acceptors (Lipinski definition) is 7. The van der Waals surface area contributed by atoms with Crippen LogP contribution in [0.4, 0.5) is 5.69 Å². The van der Waals surface area contributed by atoms with Gasteiger partial charge in [-0.2, -0.15) is 0 Å². The minimum Gasteiger partial charge on any atom is -0.508 e. The monoisotopic (exact) mass is 569 g/mol. The predicted octanol–water partition coefficient (Wildman–Crippen LogP) is 4.08. The first-order valence-electron chi connectivity index (χ1n) is 12.4. The molecule has 6 rings (SSSR count). The molecule has 0 aliphatic carbocycles. The van der Waals surface area contributed by atoms with Crippen LogP contribution in [0.5, 0.6) is 5.75 Å². The Labute approximate surface area is 231 Å². The Balaban J connectivity index is 1.43. The molecule has 2 fully saturated rings. The molecule has 3 aromatic rings. The van der Waals surface area contributed by atoms with E-state index in [0.29, 0.717) is 39.3 Å². The highest BCUT2D eigenvalue weighted by Crippen LogP contribution is 2.54. The molecule has 8 nitrogen and oxygen atoms in total. The number of fused-ring (bicyclic) bond motifs is 2. The lowest BCUT2D eigenvalue weighted by atomic mass is 9.83. The maximum absolute atomic E-state index is 13.8. The van der Waals surface area contributed by atoms with Crippen molar-refractivity contribution in [3.05, 3.63) is 73.7 Å². The molecule has 3 aliphatic rings. The molecule has 3 atom stereocenters. The van der Waals surface area contributed by atoms with E-state index in [1.807, 2.05) is 0 Å². The summed E-state index contributed by atoms with van der Waals surface area (Å²) >= 11 is 8.24. The van der Waals surface area contributed by atoms with Gasteiger partial charge in [-0.15, -0.1) is 0 Å². The molecule has 2 aromatic carbocycles. The summed E-state index contributed by atoms with van der Waals surface area (Å²) in [5.41, 5.74) is 1.15. The second kappa shape index (κ2) is 9.91. The number of aromatic hydroxyl groups is 1. The van der Waals surface area contributed by atoms with Gasteiger partial charge in [-0.3, -0.25) is 23.7 Å². The van der Waals surface area contributed by atoms with Crippen molar-refractivity contribution in [2.45, 2.75) is 42.0 Å². The van der Waals surface area contributed by atoms with Gasteiger partial charge >= 0.3 is 4.87 Å². The van der Waals surface area contributed by atoms with Crippen LogP contribution in [0, 0.1) is 5.92 Å². The number of carbonyl (C=O) groups excluding carboxylic acids is 3. The number of likely N-dealkylation sites (tertiary alicyclic amines) is 1. The van der Waals surface area contributed by atoms with E-state index in [1.54, 1.807) is 41.3 Å². The first kappa shape index (κ1) is 25.2. The third-order valence-corrected chi connectivity index (χ3v) is 10.2. The van der Waals surface area contributed by atoms with Crippen molar-refractivity contribution >= 4 is 58.1 Å². The number of thiazole rings is 1. The second-order valence-electron chi connectivity index (χ2n) is 9.69. The lowest BCUT2D eigenvalue weighted by Gasteiger charge is -2.31. The minimum absolute atomic E-state index is 0.0743. The van der Waals surface area contributed by atoms with Crippen molar-refractivity contribution in [1.82, 2.24) is 9.47 Å². The van der Waals surface area contributed by atoms with Crippen molar-refractivity contribution in [2.75, 3.05) is 18.0 Å². The van der Waals surface area contributed by atoms with Crippen molar-refractivity contribution in [3.8, 4) is 5.75 Å². The fourth-order valence-corrected chi connectivity index (χ4v) is 8.42. The van der Waals surface area contributed by atoms with E-state index in [1.165, 1.54) is 33.4 Å². The zero-order valence-electron chi connectivity index (χ0n) is 20.2. The molecule has 1 N–H and O–H groups in total. The number of phenolic OH excluding ortho intramolecular Hbond substituents is 1. The summed E-state index contributed by atoms with van der Waals surface area (Å²) in [5.74, 6) is -2.08. The maximum Gasteiger partial charge on any atom is 0.308 e. The molecule has 38 heavy (non-hydrogen) atoms. The van der Waals surface area contributed by atoms with Crippen molar-refractivity contribution in [2.24, 2.45) is 5.92 Å². The average molecular weight is 570 g/mol. The van der Waals surface area contributed by atoms with Crippen molar-refractivity contribution in [1.29, 1.82) is 0 Å². The maximum atomic E-state index is 13.8. The highest BCUT2D eigenvalue weighted by atomic mass is 35.5. The Bertz CT molecular complexity index is 1480. The van der Waals surface area contributed by atoms with Crippen LogP contribution in [0.2, 0.25) is 5.02 Å². The zero-order chi connectivity index (χ0) is 26.6. The smallest absolute Gasteiger partial charge is 0.308 e. The third-order valence-electron chi connectivity index (χ3n) is 7.39. The topological polar surface area (TPSA) is 99.9 Å². The SMILES string of the molecule is O=C(Cn1c2c(sc1=O)[C@@H](c1ccc(O)cc1)C1C(=O)N(c3ccc(Cl)cc3)C(=O)C1S2)N1CCCCC1. The molecule has 2 unspecified atom stereocenters. The number of nitrogens with zero attached hydrogens (tertiary/aromatic N) is 3. The quantitative estimate of drug-likeness (QED) is 0.475. The number of anilines is 1. The average Bonchev–Trinajstić information content (AvgIpc) is 3.36. The number of halogens is 1. The van der Waals surface area contributed by atoms with Gasteiger partial charge in [0.1, 0.15) is 17.5 Å². The summed E-state index contributed by atoms with van der Waals surface area (Å²) in [7, 11) is 0. The van der Waals surface area contributed by atoms with Crippen LogP contribution in [0.15, 0.2) is 58.4 Å². The van der Waals surface area contributed by atoms with Gasteiger partial charge in [-0.05, 0) is 61.2 Å². The Kier molecular flexibility index (Phi) is 6.57. The molecule has 11 heteroatoms. The van der Waals surface area contributed by atoms with E-state index < -0.39 is 17.1 Å². The molecule has 2 saturated heterocycles. The highest BCUT2D eigenvalue weighted by Gasteiger charge is 2.56. The molecule has 0 saturated carbocycles. The van der Waals surface area contributed by atoms with E-state index in [2.05, 4.69) is 0 Å². The first-order chi connectivity index (χ1) is 18.3. The molecule has 196 valence electrons. The first-order valence-corrected chi connectivity index (χ1v) is 14.5. The Morgan fingerprint density at radius 2 is 1.63 bits per heavy atom. The number of phenols is 1. The number of thioether (sulfide) groups is 1. The van der Waals surface area contributed by atoms with E-state index in [-0.39, 0.29) is 34.9 Å². The Morgan fingerprint density at radius 1 is 0.947 bits per heavy atom. The highest BCUT2D eigenvalue weighted by molar-refractivity contribution is 8.00. The molecular weight excluding hydrogens is 546 g/mol. The zero-order valence-corrected chi connectivity index (χ0v) is 22.6. The number of piperidine rings is 1. The number of amides is 3. The second-order valence-corrected chi connectivity index (χ2v) is 12.2. The van der Waals surface area contributed by atoms with Gasteiger partial charge in [0, 0.05) is 28.9 Å². The van der Waals surface area contributed by atoms with Gasteiger partial charge in [0.15, 0.2) is 0 Å². The van der Waals surface area contributed by atoms with Crippen LogP contribution in [0.1, 0.15) is 35.6 Å². The van der Waals surface area contributed by atoms with Crippen LogP contribution in [0.3, 0.4) is 0 Å². The van der Waals surface area contributed by atoms with E-state index in [4.69, 9.17) is 11.6 Å². The standard InChI is InChI=1S/C27H24ClN3O5S2/c28-16-6-8-17(9-7-16)31-24(34)21-20(15-4-10-18(32)11-5-15)23-26(37-22(21)25(31)35)30(27(36)38-23)14-19(33)29-12-2-1-3-13-29/h4-11,20-22,32H,1-3,12-14H2/t20-,21?,22?/m0/s1. The van der Waals surface area contributed by atoms with Crippen molar-refractivity contribution in [3.63, 3.8) is 0 Å². The van der Waals surface area contributed by atoms with Gasteiger partial charge in [0.25, 0.3) is 0 Å². The fourth-order valence-electron chi connectivity index (χ4n) is 5.52. The van der Waals surface area contributed by atoms with Crippen LogP contribution < -0.4 is 9.77 Å². The fraction of sp³-hybridized carbons (Fsp3) is 0.333. The van der Waals surface area contributed by atoms with E-state index in [9.17, 15) is 24.3 Å². The molecule has 3 aliphatic heterocycles. The van der Waals surface area contributed by atoms with Gasteiger partial charge in [-0.25, -0.2) is 4.90 Å². The van der Waals surface area contributed by atoms with Crippen LogP contribution >= 0.6 is 34.7 Å². The summed E-state index contributed by atoms with van der Waals surface area (Å²) in [4.78, 5) is 57.2. The van der Waals surface area contributed by atoms with Crippen LogP contribution in [-0.2, 0) is 20.9 Å². The molecule has 3 amide bonds. The molecular formula is C27H24ClN3O5S2. The van der Waals surface area contributed by atoms with Crippen molar-refractivity contribution < 1.29 is 19.5 Å². The van der Waals surface area contributed by atoms with Gasteiger partial charge < -0.3 is 10.0 Å². The third kappa shape index (κ3) is 4.24. The number of benzene rings is 2. The van der Waals surface area contributed by atoms with E-state index in [0.717, 1.165) is 30.6 Å². The molecule has 0 bridgehead atoms. The lowest BCUT2D eigenvalue weighted by molar-refractivity contribution is -0.133. The number of aromatic nitrogens is 1. The number of imide groups is 1. The summed E-state index contributed by atoms with van der Waals surface area (Å²) < 4.78 is 1.47. The molecule has 1 aromatic heterocycles. The predicted molar refractivity (Wildman–Crippen MR) is 146 cm³/mol. The molecule has 4 heterocycles. The van der Waals surface area contributed by atoms with Crippen LogP contribution in [0.25, 0.3) is 0 Å². The van der Waals surface area contributed by atoms with Gasteiger partial charge in [-0.1, -0.05) is 46.8 Å². The summed E-state index contributed by atoms with van der Waals surface area (Å²) in [6.45, 7) is 1.26. The normalized spacial score (nSPS) is 22.9. The number of carbonyl (C=O) groups is 3. The summed E-state index contributed by atoms with van der Waals surface area (Å²) in [6, 6.07) is 13.0. The molecule has 0 radical (unpaired) electrons. The van der Waals surface area contributed by atoms with E-state index >= 15 is 0 Å². The Morgan fingerprint density at radius 3 is 2.32 bits per heavy atom. The minimum atomic E-state index is -0.769.